The summed E-state index contributed by atoms with van der Waals surface area (Å²) < 4.78 is 12.6. The zero-order valence-electron chi connectivity index (χ0n) is 22.7. The van der Waals surface area contributed by atoms with Gasteiger partial charge >= 0.3 is 6.03 Å². The summed E-state index contributed by atoms with van der Waals surface area (Å²) in [6.07, 6.45) is 18.3. The third-order valence-corrected chi connectivity index (χ3v) is 5.87. The summed E-state index contributed by atoms with van der Waals surface area (Å²) >= 11 is 0. The van der Waals surface area contributed by atoms with Crippen molar-refractivity contribution in [2.75, 3.05) is 6.54 Å². The molecule has 0 saturated carbocycles. The van der Waals surface area contributed by atoms with E-state index in [0.29, 0.717) is 47.7 Å². The van der Waals surface area contributed by atoms with Crippen LogP contribution < -0.4 is 5.32 Å². The van der Waals surface area contributed by atoms with Crippen molar-refractivity contribution in [1.82, 2.24) is 15.1 Å². The normalized spacial score (nSPS) is 18.9. The average Bonchev–Trinajstić information content (AvgIpc) is 2.90. The molecule has 2 N–H and O–H groups in total. The van der Waals surface area contributed by atoms with E-state index in [4.69, 9.17) is 5.41 Å². The maximum absolute atomic E-state index is 13.4. The topological polar surface area (TPSA) is 95.6 Å². The van der Waals surface area contributed by atoms with E-state index in [1.807, 2.05) is 38.2 Å². The number of unbranched alkanes of at least 4 members (excludes halogenated alkanes) is 1. The molecular formula is C30H37FN6O. The van der Waals surface area contributed by atoms with E-state index >= 15 is 0 Å². The van der Waals surface area contributed by atoms with Crippen LogP contribution in [0.5, 0.6) is 0 Å². The Morgan fingerprint density at radius 2 is 2.11 bits per heavy atom. The van der Waals surface area contributed by atoms with Crippen molar-refractivity contribution in [2.24, 2.45) is 4.99 Å². The molecule has 0 radical (unpaired) electrons. The minimum Gasteiger partial charge on any atom is -0.305 e. The number of carbonyl (C=O) groups is 1. The molecule has 7 nitrogen and oxygen atoms in total. The van der Waals surface area contributed by atoms with Crippen LogP contribution in [-0.2, 0) is 0 Å². The van der Waals surface area contributed by atoms with Crippen molar-refractivity contribution < 1.29 is 9.18 Å². The minimum atomic E-state index is -0.389. The molecule has 0 bridgehead atoms. The predicted molar refractivity (Wildman–Crippen MR) is 153 cm³/mol. The largest absolute Gasteiger partial charge is 0.334 e. The molecule has 0 aromatic heterocycles. The molecule has 0 aromatic rings. The van der Waals surface area contributed by atoms with Gasteiger partial charge in [-0.25, -0.2) is 19.1 Å². The summed E-state index contributed by atoms with van der Waals surface area (Å²) in [6, 6.07) is 1.73. The van der Waals surface area contributed by atoms with Gasteiger partial charge in [0.05, 0.1) is 24.6 Å². The fraction of sp³-hybridized carbons (Fsp3) is 0.333. The van der Waals surface area contributed by atoms with Crippen LogP contribution in [0.2, 0.25) is 0 Å². The lowest BCUT2D eigenvalue weighted by Gasteiger charge is -2.40. The Balaban J connectivity index is 2.55. The van der Waals surface area contributed by atoms with E-state index in [2.05, 4.69) is 29.9 Å². The number of halogens is 1. The highest BCUT2D eigenvalue weighted by Gasteiger charge is 2.34. The number of carbonyl (C=O) groups excluding carboxylic acids is 1. The Kier molecular flexibility index (Phi) is 11.9. The maximum atomic E-state index is 13.4. The SMILES string of the molecule is C=C1N(CC(=CC/C=C/F)/C=C(\C)C#N)C(=NC2=CCC(=N)C=C2)NC(=O)N1C(/C=C(\C)CCCC)=C/C. The number of nitrogens with zero attached hydrogens (tertiary/aromatic N) is 4. The standard InChI is InChI=1S/C30H37FN6O/c1-6-8-11-22(3)19-28(7-2)37-24(5)36(21-25(12-9-10-17-31)18-23(4)20-32)29(35-30(37)38)34-27-15-13-26(33)14-16-27/h7,10,12-13,15-19,33H,5-6,8-9,11,14,21H2,1-4H3,(H,34,35,38)/b17-10+,22-19+,23-18+,25-12?,28-7+,33-26?. The van der Waals surface area contributed by atoms with Crippen LogP contribution in [0.4, 0.5) is 9.18 Å². The van der Waals surface area contributed by atoms with Crippen LogP contribution in [0.3, 0.4) is 0 Å². The van der Waals surface area contributed by atoms with E-state index in [9.17, 15) is 14.4 Å². The highest BCUT2D eigenvalue weighted by atomic mass is 19.1. The van der Waals surface area contributed by atoms with Crippen molar-refractivity contribution in [3.63, 3.8) is 0 Å². The number of allylic oxidation sites excluding steroid dienone is 9. The van der Waals surface area contributed by atoms with Gasteiger partial charge < -0.3 is 5.41 Å². The van der Waals surface area contributed by atoms with Crippen molar-refractivity contribution in [1.29, 1.82) is 10.7 Å². The molecule has 2 aliphatic rings. The highest BCUT2D eigenvalue weighted by Crippen LogP contribution is 2.25. The first-order chi connectivity index (χ1) is 18.2. The molecule has 2 amide bonds. The summed E-state index contributed by atoms with van der Waals surface area (Å²) in [6.45, 7) is 12.2. The maximum Gasteiger partial charge on any atom is 0.334 e. The van der Waals surface area contributed by atoms with E-state index in [1.54, 1.807) is 30.1 Å². The first kappa shape index (κ1) is 30.0. The van der Waals surface area contributed by atoms with Gasteiger partial charge in [-0.1, -0.05) is 49.8 Å². The number of nitrogens with one attached hydrogen (secondary N) is 2. The van der Waals surface area contributed by atoms with Gasteiger partial charge in [0, 0.05) is 23.4 Å². The molecule has 1 saturated heterocycles. The van der Waals surface area contributed by atoms with Crippen LogP contribution in [-0.4, -0.2) is 34.0 Å². The summed E-state index contributed by atoms with van der Waals surface area (Å²) in [7, 11) is 0. The number of aliphatic imine (C=N–C) groups is 1. The number of urea groups is 1. The lowest BCUT2D eigenvalue weighted by molar-refractivity contribution is 0.209. The molecule has 1 aliphatic heterocycles. The van der Waals surface area contributed by atoms with Crippen molar-refractivity contribution in [3.8, 4) is 6.07 Å². The van der Waals surface area contributed by atoms with E-state index in [-0.39, 0.29) is 18.5 Å². The molecule has 8 heteroatoms. The van der Waals surface area contributed by atoms with Gasteiger partial charge in [-0.3, -0.25) is 10.2 Å². The first-order valence-electron chi connectivity index (χ1n) is 12.7. The van der Waals surface area contributed by atoms with Crippen LogP contribution >= 0.6 is 0 Å². The van der Waals surface area contributed by atoms with Gasteiger partial charge in [-0.05, 0) is 69.9 Å². The van der Waals surface area contributed by atoms with E-state index < -0.39 is 0 Å². The zero-order chi connectivity index (χ0) is 28.1. The fourth-order valence-corrected chi connectivity index (χ4v) is 3.83. The monoisotopic (exact) mass is 516 g/mol. The first-order valence-corrected chi connectivity index (χ1v) is 12.7. The molecule has 200 valence electrons. The summed E-state index contributed by atoms with van der Waals surface area (Å²) in [4.78, 5) is 21.3. The molecule has 0 atom stereocenters. The molecule has 0 spiro atoms. The molecule has 0 aromatic carbocycles. The Hall–Kier alpha value is -4.25. The third kappa shape index (κ3) is 8.70. The van der Waals surface area contributed by atoms with Gasteiger partial charge in [-0.2, -0.15) is 5.26 Å². The Morgan fingerprint density at radius 1 is 1.34 bits per heavy atom. The molecule has 38 heavy (non-hydrogen) atoms. The van der Waals surface area contributed by atoms with Gasteiger partial charge in [0.25, 0.3) is 0 Å². The molecule has 2 rings (SSSR count). The van der Waals surface area contributed by atoms with E-state index in [0.717, 1.165) is 30.4 Å². The smallest absolute Gasteiger partial charge is 0.305 e. The number of rotatable bonds is 11. The quantitative estimate of drug-likeness (QED) is 0.222. The van der Waals surface area contributed by atoms with Gasteiger partial charge in [0.1, 0.15) is 5.82 Å². The van der Waals surface area contributed by atoms with Gasteiger partial charge in [0.2, 0.25) is 5.96 Å². The summed E-state index contributed by atoms with van der Waals surface area (Å²) in [5.41, 5.74) is 4.14. The lowest BCUT2D eigenvalue weighted by Crippen LogP contribution is -2.57. The summed E-state index contributed by atoms with van der Waals surface area (Å²) in [5.74, 6) is 0.667. The second kappa shape index (κ2) is 15.1. The van der Waals surface area contributed by atoms with Crippen molar-refractivity contribution in [3.05, 3.63) is 95.5 Å². The Bertz CT molecular complexity index is 1220. The molecule has 1 aliphatic carbocycles. The fourth-order valence-electron chi connectivity index (χ4n) is 3.83. The van der Waals surface area contributed by atoms with Crippen molar-refractivity contribution in [2.45, 2.75) is 59.8 Å². The molecular weight excluding hydrogens is 479 g/mol. The number of guanidine groups is 1. The van der Waals surface area contributed by atoms with Crippen LogP contribution in [0.25, 0.3) is 0 Å². The molecule has 1 fully saturated rings. The molecule has 0 unspecified atom stereocenters. The second-order valence-electron chi connectivity index (χ2n) is 9.02. The highest BCUT2D eigenvalue weighted by molar-refractivity contribution is 6.02. The van der Waals surface area contributed by atoms with Gasteiger partial charge in [0.15, 0.2) is 0 Å². The second-order valence-corrected chi connectivity index (χ2v) is 9.02. The lowest BCUT2D eigenvalue weighted by atomic mass is 10.1. The Morgan fingerprint density at radius 3 is 2.71 bits per heavy atom. The zero-order valence-corrected chi connectivity index (χ0v) is 22.7. The number of amides is 2. The number of hydrogen-bond donors (Lipinski definition) is 2. The van der Waals surface area contributed by atoms with Crippen LogP contribution in [0, 0.1) is 16.7 Å². The number of nitriles is 1. The van der Waals surface area contributed by atoms with Gasteiger partial charge in [-0.15, -0.1) is 0 Å². The third-order valence-electron chi connectivity index (χ3n) is 5.87. The predicted octanol–water partition coefficient (Wildman–Crippen LogP) is 7.31. The van der Waals surface area contributed by atoms with Crippen molar-refractivity contribution >= 4 is 17.7 Å². The Labute approximate surface area is 225 Å². The minimum absolute atomic E-state index is 0.232. The van der Waals surface area contributed by atoms with Crippen LogP contribution in [0.15, 0.2) is 100 Å². The molecule has 1 heterocycles. The average molecular weight is 517 g/mol. The number of hydrogen-bond acceptors (Lipinski definition) is 4. The van der Waals surface area contributed by atoms with Crippen LogP contribution in [0.1, 0.15) is 59.8 Å². The summed E-state index contributed by atoms with van der Waals surface area (Å²) in [5, 5.41) is 20.0. The van der Waals surface area contributed by atoms with E-state index in [1.165, 1.54) is 11.0 Å².